The molecule has 0 N–H and O–H groups in total. The number of carbonyl (C=O) groups excluding carboxylic acids is 2. The van der Waals surface area contributed by atoms with Crippen molar-refractivity contribution in [1.82, 2.24) is 0 Å². The van der Waals surface area contributed by atoms with Crippen LogP contribution in [0.25, 0.3) is 0 Å². The first-order chi connectivity index (χ1) is 18.2. The molecule has 2 fully saturated rings. The maximum Gasteiger partial charge on any atom is 0.238 e. The van der Waals surface area contributed by atoms with Crippen molar-refractivity contribution in [3.8, 4) is 11.5 Å². The van der Waals surface area contributed by atoms with E-state index in [4.69, 9.17) is 4.74 Å². The van der Waals surface area contributed by atoms with Gasteiger partial charge < -0.3 is 4.74 Å². The third kappa shape index (κ3) is 4.84. The van der Waals surface area contributed by atoms with E-state index in [0.717, 1.165) is 22.5 Å². The molecule has 6 rings (SSSR count). The van der Waals surface area contributed by atoms with Crippen molar-refractivity contribution in [3.05, 3.63) is 120 Å². The standard InChI is InChI=1S/C30H24N2O3S2/c33-27-19-36-29(21-7-3-1-4-8-21)31(27)23-11-15-25(16-12-23)35-26-17-13-24(14-18-26)32-28(34)20-37-30(32)22-9-5-2-6-10-22/h1-18,29-30H,19-20H2. The predicted octanol–water partition coefficient (Wildman–Crippen LogP) is 7.04. The highest BCUT2D eigenvalue weighted by Crippen LogP contribution is 2.43. The Hall–Kier alpha value is -3.68. The van der Waals surface area contributed by atoms with Crippen molar-refractivity contribution in [2.45, 2.75) is 10.7 Å². The summed E-state index contributed by atoms with van der Waals surface area (Å²) in [5.41, 5.74) is 3.93. The van der Waals surface area contributed by atoms with Crippen molar-refractivity contribution in [3.63, 3.8) is 0 Å². The quantitative estimate of drug-likeness (QED) is 0.271. The molecule has 37 heavy (non-hydrogen) atoms. The molecule has 7 heteroatoms. The van der Waals surface area contributed by atoms with Crippen molar-refractivity contribution in [2.24, 2.45) is 0 Å². The lowest BCUT2D eigenvalue weighted by Crippen LogP contribution is -2.27. The number of amides is 2. The van der Waals surface area contributed by atoms with E-state index in [2.05, 4.69) is 24.3 Å². The molecule has 0 aliphatic carbocycles. The van der Waals surface area contributed by atoms with Crippen LogP contribution in [-0.2, 0) is 9.59 Å². The molecule has 2 aliphatic heterocycles. The van der Waals surface area contributed by atoms with Crippen LogP contribution in [-0.4, -0.2) is 23.3 Å². The van der Waals surface area contributed by atoms with Crippen molar-refractivity contribution < 1.29 is 14.3 Å². The summed E-state index contributed by atoms with van der Waals surface area (Å²) in [6.45, 7) is 0. The van der Waals surface area contributed by atoms with Gasteiger partial charge in [-0.05, 0) is 59.7 Å². The van der Waals surface area contributed by atoms with Crippen LogP contribution in [0.5, 0.6) is 11.5 Å². The Balaban J connectivity index is 1.16. The molecule has 2 amide bonds. The highest BCUT2D eigenvalue weighted by atomic mass is 32.2. The van der Waals surface area contributed by atoms with Crippen LogP contribution in [0, 0.1) is 0 Å². The van der Waals surface area contributed by atoms with E-state index in [1.807, 2.05) is 94.7 Å². The summed E-state index contributed by atoms with van der Waals surface area (Å²) in [6.07, 6.45) is 0. The Morgan fingerprint density at radius 1 is 0.541 bits per heavy atom. The fourth-order valence-electron chi connectivity index (χ4n) is 4.62. The van der Waals surface area contributed by atoms with Crippen molar-refractivity contribution in [2.75, 3.05) is 21.3 Å². The second-order valence-corrected chi connectivity index (χ2v) is 10.9. The largest absolute Gasteiger partial charge is 0.457 e. The first kappa shape index (κ1) is 23.7. The summed E-state index contributed by atoms with van der Waals surface area (Å²) in [5.74, 6) is 2.50. The third-order valence-corrected chi connectivity index (χ3v) is 8.80. The average molecular weight is 525 g/mol. The topological polar surface area (TPSA) is 49.9 Å². The predicted molar refractivity (Wildman–Crippen MR) is 151 cm³/mol. The monoisotopic (exact) mass is 524 g/mol. The number of benzene rings is 4. The van der Waals surface area contributed by atoms with E-state index < -0.39 is 0 Å². The van der Waals surface area contributed by atoms with Gasteiger partial charge in [0.15, 0.2) is 0 Å². The minimum atomic E-state index is -0.0285. The minimum Gasteiger partial charge on any atom is -0.457 e. The highest BCUT2D eigenvalue weighted by Gasteiger charge is 2.35. The number of hydrogen-bond donors (Lipinski definition) is 0. The Kier molecular flexibility index (Phi) is 6.64. The molecule has 5 nitrogen and oxygen atoms in total. The van der Waals surface area contributed by atoms with E-state index in [-0.39, 0.29) is 22.6 Å². The van der Waals surface area contributed by atoms with Crippen molar-refractivity contribution >= 4 is 46.7 Å². The van der Waals surface area contributed by atoms with Gasteiger partial charge in [-0.3, -0.25) is 19.4 Å². The normalized spacial score (nSPS) is 19.5. The number of nitrogens with zero attached hydrogens (tertiary/aromatic N) is 2. The van der Waals surface area contributed by atoms with Crippen LogP contribution in [0.15, 0.2) is 109 Å². The van der Waals surface area contributed by atoms with Gasteiger partial charge in [0.05, 0.1) is 11.5 Å². The molecule has 4 aromatic rings. The number of hydrogen-bond acceptors (Lipinski definition) is 5. The smallest absolute Gasteiger partial charge is 0.238 e. The molecule has 2 heterocycles. The Labute approximate surface area is 224 Å². The summed E-state index contributed by atoms with van der Waals surface area (Å²) < 4.78 is 6.07. The summed E-state index contributed by atoms with van der Waals surface area (Å²) in [4.78, 5) is 29.0. The van der Waals surface area contributed by atoms with E-state index in [9.17, 15) is 9.59 Å². The second-order valence-electron chi connectivity index (χ2n) is 8.77. The van der Waals surface area contributed by atoms with Gasteiger partial charge in [-0.25, -0.2) is 0 Å². The third-order valence-electron chi connectivity index (χ3n) is 6.37. The van der Waals surface area contributed by atoms with Gasteiger partial charge in [-0.2, -0.15) is 0 Å². The zero-order valence-electron chi connectivity index (χ0n) is 19.9. The molecule has 0 radical (unpaired) electrons. The van der Waals surface area contributed by atoms with Gasteiger partial charge in [0.1, 0.15) is 22.2 Å². The molecule has 0 spiro atoms. The van der Waals surface area contributed by atoms with Crippen LogP contribution in [0.2, 0.25) is 0 Å². The van der Waals surface area contributed by atoms with Gasteiger partial charge in [-0.15, -0.1) is 23.5 Å². The van der Waals surface area contributed by atoms with Crippen LogP contribution < -0.4 is 14.5 Å². The van der Waals surface area contributed by atoms with E-state index in [1.54, 1.807) is 23.5 Å². The van der Waals surface area contributed by atoms with Crippen molar-refractivity contribution in [1.29, 1.82) is 0 Å². The lowest BCUT2D eigenvalue weighted by molar-refractivity contribution is -0.116. The molecule has 184 valence electrons. The van der Waals surface area contributed by atoms with E-state index >= 15 is 0 Å². The molecule has 0 bridgehead atoms. The Morgan fingerprint density at radius 3 is 1.30 bits per heavy atom. The molecule has 2 aliphatic rings. The summed E-state index contributed by atoms with van der Waals surface area (Å²) >= 11 is 3.28. The second kappa shape index (κ2) is 10.4. The first-order valence-corrected chi connectivity index (χ1v) is 14.1. The Morgan fingerprint density at radius 2 is 0.919 bits per heavy atom. The summed E-state index contributed by atoms with van der Waals surface area (Å²) in [7, 11) is 0. The molecule has 0 saturated carbocycles. The minimum absolute atomic E-state index is 0.0285. The lowest BCUT2D eigenvalue weighted by Gasteiger charge is -2.25. The van der Waals surface area contributed by atoms with Gasteiger partial charge >= 0.3 is 0 Å². The average Bonchev–Trinajstić information content (AvgIpc) is 3.53. The van der Waals surface area contributed by atoms with Crippen LogP contribution in [0.4, 0.5) is 11.4 Å². The van der Waals surface area contributed by atoms with Crippen LogP contribution in [0.1, 0.15) is 21.9 Å². The summed E-state index contributed by atoms with van der Waals surface area (Å²) in [6, 6.07) is 35.4. The van der Waals surface area contributed by atoms with Gasteiger partial charge in [-0.1, -0.05) is 60.7 Å². The summed E-state index contributed by atoms with van der Waals surface area (Å²) in [5, 5.41) is -0.0571. The zero-order chi connectivity index (χ0) is 25.2. The lowest BCUT2D eigenvalue weighted by atomic mass is 10.2. The van der Waals surface area contributed by atoms with Gasteiger partial charge in [0.2, 0.25) is 11.8 Å². The van der Waals surface area contributed by atoms with E-state index in [1.165, 1.54) is 0 Å². The fraction of sp³-hybridized carbons (Fsp3) is 0.133. The molecule has 2 atom stereocenters. The molecule has 2 unspecified atom stereocenters. The maximum atomic E-state index is 12.7. The van der Waals surface area contributed by atoms with Gasteiger partial charge in [0.25, 0.3) is 0 Å². The van der Waals surface area contributed by atoms with E-state index in [0.29, 0.717) is 23.0 Å². The number of thioether (sulfide) groups is 2. The molecular formula is C30H24N2O3S2. The maximum absolute atomic E-state index is 12.7. The zero-order valence-corrected chi connectivity index (χ0v) is 21.5. The Bertz CT molecular complexity index is 1290. The highest BCUT2D eigenvalue weighted by molar-refractivity contribution is 8.01. The number of anilines is 2. The first-order valence-electron chi connectivity index (χ1n) is 12.0. The number of ether oxygens (including phenoxy) is 1. The number of rotatable bonds is 6. The van der Waals surface area contributed by atoms with Crippen LogP contribution in [0.3, 0.4) is 0 Å². The SMILES string of the molecule is O=C1CSC(c2ccccc2)N1c1ccc(Oc2ccc(N3C(=O)CSC3c3ccccc3)cc2)cc1. The molecule has 4 aromatic carbocycles. The molecule has 0 aromatic heterocycles. The number of carbonyl (C=O) groups is 2. The van der Waals surface area contributed by atoms with Crippen LogP contribution >= 0.6 is 23.5 Å². The fourth-order valence-corrected chi connectivity index (χ4v) is 6.98. The molecule has 2 saturated heterocycles. The van der Waals surface area contributed by atoms with Gasteiger partial charge in [0, 0.05) is 11.4 Å². The molecular weight excluding hydrogens is 500 g/mol.